The molecule has 0 fully saturated rings. The van der Waals surface area contributed by atoms with E-state index in [1.165, 1.54) is 0 Å². The van der Waals surface area contributed by atoms with Gasteiger partial charge in [-0.2, -0.15) is 0 Å². The van der Waals surface area contributed by atoms with Gasteiger partial charge in [0.15, 0.2) is 0 Å². The molecule has 1 atom stereocenters. The van der Waals surface area contributed by atoms with Gasteiger partial charge >= 0.3 is 5.97 Å². The largest absolute Gasteiger partial charge is 0.465 e. The highest BCUT2D eigenvalue weighted by Gasteiger charge is 2.34. The number of ether oxygens (including phenoxy) is 1. The van der Waals surface area contributed by atoms with Gasteiger partial charge < -0.3 is 4.74 Å². The predicted molar refractivity (Wildman–Crippen MR) is 82.1 cm³/mol. The Labute approximate surface area is 130 Å². The lowest BCUT2D eigenvalue weighted by atomic mass is 9.95. The van der Waals surface area contributed by atoms with Crippen molar-refractivity contribution in [3.63, 3.8) is 0 Å². The zero-order chi connectivity index (χ0) is 15.9. The number of nitrogens with one attached hydrogen (secondary N) is 1. The number of hydrogen-bond acceptors (Lipinski definition) is 7. The highest BCUT2D eigenvalue weighted by Crippen LogP contribution is 2.20. The van der Waals surface area contributed by atoms with E-state index in [4.69, 9.17) is 4.74 Å². The molecule has 0 spiro atoms. The van der Waals surface area contributed by atoms with Crippen molar-refractivity contribution in [2.45, 2.75) is 57.3 Å². The Morgan fingerprint density at radius 1 is 1.52 bits per heavy atom. The Balaban J connectivity index is 2.49. The zero-order valence-electron chi connectivity index (χ0n) is 13.4. The molecular formula is C13H25N5O2S. The van der Waals surface area contributed by atoms with Crippen LogP contribution in [0.2, 0.25) is 0 Å². The minimum atomic E-state index is -0.650. The van der Waals surface area contributed by atoms with E-state index in [1.807, 2.05) is 34.7 Å². The molecule has 1 aromatic rings. The number of aromatic nitrogens is 4. The number of esters is 1. The molecule has 1 aromatic heterocycles. The summed E-state index contributed by atoms with van der Waals surface area (Å²) in [5.74, 6) is 0.659. The van der Waals surface area contributed by atoms with Crippen LogP contribution in [0.3, 0.4) is 0 Å². The van der Waals surface area contributed by atoms with Crippen molar-refractivity contribution >= 4 is 17.7 Å². The van der Waals surface area contributed by atoms with Crippen LogP contribution in [-0.4, -0.2) is 50.1 Å². The molecule has 1 heterocycles. The second-order valence-corrected chi connectivity index (χ2v) is 6.45. The minimum Gasteiger partial charge on any atom is -0.465 e. The molecule has 0 aliphatic rings. The van der Waals surface area contributed by atoms with Gasteiger partial charge in [-0.1, -0.05) is 11.8 Å². The van der Waals surface area contributed by atoms with Gasteiger partial charge in [0.25, 0.3) is 0 Å². The molecule has 0 saturated heterocycles. The number of thioether (sulfide) groups is 1. The summed E-state index contributed by atoms with van der Waals surface area (Å²) in [6, 6.07) is 0.218. The summed E-state index contributed by atoms with van der Waals surface area (Å²) in [6.07, 6.45) is 1.58. The Kier molecular flexibility index (Phi) is 7.10. The van der Waals surface area contributed by atoms with Crippen LogP contribution >= 0.6 is 11.8 Å². The first-order valence-corrected chi connectivity index (χ1v) is 8.17. The number of nitrogens with zero attached hydrogens (tertiary/aromatic N) is 4. The molecule has 0 bridgehead atoms. The predicted octanol–water partition coefficient (Wildman–Crippen LogP) is 1.40. The highest BCUT2D eigenvalue weighted by atomic mass is 32.2. The van der Waals surface area contributed by atoms with Crippen LogP contribution in [0.15, 0.2) is 5.16 Å². The summed E-state index contributed by atoms with van der Waals surface area (Å²) in [6.45, 7) is 8.17. The van der Waals surface area contributed by atoms with Crippen molar-refractivity contribution in [3.05, 3.63) is 0 Å². The molecule has 8 heteroatoms. The quantitative estimate of drug-likeness (QED) is 0.419. The molecule has 0 aliphatic heterocycles. The number of hydrogen-bond donors (Lipinski definition) is 1. The van der Waals surface area contributed by atoms with Crippen molar-refractivity contribution in [1.82, 2.24) is 25.5 Å². The van der Waals surface area contributed by atoms with Crippen LogP contribution < -0.4 is 5.32 Å². The van der Waals surface area contributed by atoms with Crippen LogP contribution in [0.4, 0.5) is 0 Å². The number of carbonyl (C=O) groups excluding carboxylic acids is 1. The molecule has 0 radical (unpaired) electrons. The summed E-state index contributed by atoms with van der Waals surface area (Å²) in [7, 11) is 1.81. The molecular weight excluding hydrogens is 290 g/mol. The van der Waals surface area contributed by atoms with E-state index in [0.29, 0.717) is 13.0 Å². The number of tetrazole rings is 1. The monoisotopic (exact) mass is 315 g/mol. The van der Waals surface area contributed by atoms with Gasteiger partial charge in [0, 0.05) is 18.8 Å². The third-order valence-electron chi connectivity index (χ3n) is 2.97. The van der Waals surface area contributed by atoms with Crippen molar-refractivity contribution in [2.75, 3.05) is 12.4 Å². The summed E-state index contributed by atoms with van der Waals surface area (Å²) < 4.78 is 6.83. The van der Waals surface area contributed by atoms with Crippen LogP contribution in [0, 0.1) is 0 Å². The van der Waals surface area contributed by atoms with Gasteiger partial charge in [0.2, 0.25) is 5.16 Å². The normalized spacial score (nSPS) is 14.2. The molecule has 120 valence electrons. The third kappa shape index (κ3) is 5.62. The zero-order valence-corrected chi connectivity index (χ0v) is 14.2. The molecule has 0 saturated carbocycles. The van der Waals surface area contributed by atoms with E-state index >= 15 is 0 Å². The van der Waals surface area contributed by atoms with E-state index < -0.39 is 5.54 Å². The molecule has 0 amide bonds. The standard InChI is InChI=1S/C13H25N5O2S/c1-6-20-11(19)13(4,14-10(2)3)8-7-9-21-12-15-16-17-18(12)5/h10,14H,6-9H2,1-5H3. The van der Waals surface area contributed by atoms with Crippen LogP contribution in [0.1, 0.15) is 40.5 Å². The van der Waals surface area contributed by atoms with Crippen LogP contribution in [0.5, 0.6) is 0 Å². The summed E-state index contributed by atoms with van der Waals surface area (Å²) >= 11 is 1.59. The maximum Gasteiger partial charge on any atom is 0.326 e. The maximum absolute atomic E-state index is 12.1. The van der Waals surface area contributed by atoms with E-state index in [0.717, 1.165) is 17.3 Å². The Morgan fingerprint density at radius 2 is 2.24 bits per heavy atom. The molecule has 1 unspecified atom stereocenters. The van der Waals surface area contributed by atoms with Crippen LogP contribution in [0.25, 0.3) is 0 Å². The third-order valence-corrected chi connectivity index (χ3v) is 4.06. The van der Waals surface area contributed by atoms with E-state index in [-0.39, 0.29) is 12.0 Å². The Bertz CT molecular complexity index is 452. The van der Waals surface area contributed by atoms with Crippen molar-refractivity contribution in [2.24, 2.45) is 7.05 Å². The second-order valence-electron chi connectivity index (χ2n) is 5.39. The lowest BCUT2D eigenvalue weighted by Gasteiger charge is -2.30. The summed E-state index contributed by atoms with van der Waals surface area (Å²) in [5, 5.41) is 15.4. The topological polar surface area (TPSA) is 81.9 Å². The number of rotatable bonds is 9. The van der Waals surface area contributed by atoms with E-state index in [9.17, 15) is 4.79 Å². The lowest BCUT2D eigenvalue weighted by molar-refractivity contribution is -0.151. The molecule has 0 aliphatic carbocycles. The fraction of sp³-hybridized carbons (Fsp3) is 0.846. The average molecular weight is 315 g/mol. The van der Waals surface area contributed by atoms with Crippen molar-refractivity contribution in [3.8, 4) is 0 Å². The van der Waals surface area contributed by atoms with Gasteiger partial charge in [0.1, 0.15) is 5.54 Å². The SMILES string of the molecule is CCOC(=O)C(C)(CCCSc1nnnn1C)NC(C)C. The van der Waals surface area contributed by atoms with Gasteiger partial charge in [-0.25, -0.2) is 4.68 Å². The fourth-order valence-corrected chi connectivity index (χ4v) is 2.88. The summed E-state index contributed by atoms with van der Waals surface area (Å²) in [5.41, 5.74) is -0.650. The number of carbonyl (C=O) groups is 1. The average Bonchev–Trinajstić information content (AvgIpc) is 2.80. The van der Waals surface area contributed by atoms with E-state index in [1.54, 1.807) is 16.4 Å². The molecule has 1 N–H and O–H groups in total. The smallest absolute Gasteiger partial charge is 0.326 e. The second kappa shape index (κ2) is 8.33. The first kappa shape index (κ1) is 17.9. The molecule has 21 heavy (non-hydrogen) atoms. The number of aryl methyl sites for hydroxylation is 1. The van der Waals surface area contributed by atoms with Crippen molar-refractivity contribution < 1.29 is 9.53 Å². The Morgan fingerprint density at radius 3 is 2.76 bits per heavy atom. The first-order chi connectivity index (χ1) is 9.89. The van der Waals surface area contributed by atoms with Crippen molar-refractivity contribution in [1.29, 1.82) is 0 Å². The van der Waals surface area contributed by atoms with Crippen LogP contribution in [-0.2, 0) is 16.6 Å². The minimum absolute atomic E-state index is 0.191. The van der Waals surface area contributed by atoms with Gasteiger partial charge in [0.05, 0.1) is 6.61 Å². The van der Waals surface area contributed by atoms with Gasteiger partial charge in [-0.15, -0.1) is 5.10 Å². The summed E-state index contributed by atoms with van der Waals surface area (Å²) in [4.78, 5) is 12.1. The lowest BCUT2D eigenvalue weighted by Crippen LogP contribution is -2.53. The fourth-order valence-electron chi connectivity index (χ4n) is 2.09. The highest BCUT2D eigenvalue weighted by molar-refractivity contribution is 7.99. The van der Waals surface area contributed by atoms with E-state index in [2.05, 4.69) is 20.8 Å². The Hall–Kier alpha value is -1.15. The van der Waals surface area contributed by atoms with Gasteiger partial charge in [-0.3, -0.25) is 10.1 Å². The first-order valence-electron chi connectivity index (χ1n) is 7.19. The maximum atomic E-state index is 12.1. The molecule has 7 nitrogen and oxygen atoms in total. The molecule has 1 rings (SSSR count). The molecule has 0 aromatic carbocycles. The van der Waals surface area contributed by atoms with Gasteiger partial charge in [-0.05, 0) is 51.0 Å².